The highest BCUT2D eigenvalue weighted by Crippen LogP contribution is 2.35. The molecule has 2 rings (SSSR count). The molecule has 0 amide bonds. The summed E-state index contributed by atoms with van der Waals surface area (Å²) in [5.41, 5.74) is 0.269. The maximum Gasteiger partial charge on any atom is 0.345 e. The first kappa shape index (κ1) is 17.6. The number of carbonyl (C=O) groups excluding carboxylic acids is 1. The molecule has 5 nitrogen and oxygen atoms in total. The first-order valence-corrected chi connectivity index (χ1v) is 8.06. The predicted molar refractivity (Wildman–Crippen MR) is 93.7 cm³/mol. The van der Waals surface area contributed by atoms with E-state index >= 15 is 0 Å². The van der Waals surface area contributed by atoms with Gasteiger partial charge in [-0.3, -0.25) is 0 Å². The van der Waals surface area contributed by atoms with E-state index in [4.69, 9.17) is 26.2 Å². The highest BCUT2D eigenvalue weighted by Gasteiger charge is 2.20. The Morgan fingerprint density at radius 3 is 2.57 bits per heavy atom. The lowest BCUT2D eigenvalue weighted by atomic mass is 10.2. The van der Waals surface area contributed by atoms with E-state index < -0.39 is 11.9 Å². The maximum atomic E-state index is 12.3. The first-order valence-electron chi connectivity index (χ1n) is 6.60. The number of carbonyl (C=O) groups is 2. The van der Waals surface area contributed by atoms with Gasteiger partial charge in [0, 0.05) is 0 Å². The zero-order chi connectivity index (χ0) is 17.0. The molecule has 0 radical (unpaired) electrons. The number of esters is 1. The summed E-state index contributed by atoms with van der Waals surface area (Å²) in [6, 6.07) is 9.23. The van der Waals surface area contributed by atoms with E-state index in [2.05, 4.69) is 0 Å². The molecule has 120 valence electrons. The average molecular weight is 447 g/mol. The van der Waals surface area contributed by atoms with Gasteiger partial charge in [-0.15, -0.1) is 0 Å². The lowest BCUT2D eigenvalue weighted by Crippen LogP contribution is -2.12. The maximum absolute atomic E-state index is 12.3. The Morgan fingerprint density at radius 1 is 1.26 bits per heavy atom. The number of carboxylic acid groups (broad SMARTS) is 1. The summed E-state index contributed by atoms with van der Waals surface area (Å²) in [6.45, 7) is 2.05. The molecule has 0 fully saturated rings. The van der Waals surface area contributed by atoms with Crippen molar-refractivity contribution in [3.05, 3.63) is 56.1 Å². The number of aromatic carboxylic acids is 1. The molecule has 7 heteroatoms. The van der Waals surface area contributed by atoms with Crippen LogP contribution in [0.4, 0.5) is 0 Å². The number of ether oxygens (including phenoxy) is 2. The molecule has 0 unspecified atom stereocenters. The van der Waals surface area contributed by atoms with Crippen LogP contribution in [0.5, 0.6) is 11.5 Å². The van der Waals surface area contributed by atoms with Crippen molar-refractivity contribution in [2.24, 2.45) is 0 Å². The van der Waals surface area contributed by atoms with E-state index in [1.165, 1.54) is 12.1 Å². The molecule has 0 spiro atoms. The number of rotatable bonds is 5. The molecule has 0 saturated carbocycles. The van der Waals surface area contributed by atoms with Crippen LogP contribution in [0.1, 0.15) is 27.6 Å². The topological polar surface area (TPSA) is 72.8 Å². The Balaban J connectivity index is 2.40. The van der Waals surface area contributed by atoms with E-state index in [9.17, 15) is 9.59 Å². The molecule has 1 N–H and O–H groups in total. The van der Waals surface area contributed by atoms with Crippen LogP contribution < -0.4 is 9.47 Å². The van der Waals surface area contributed by atoms with E-state index in [1.54, 1.807) is 31.2 Å². The molecular weight excluding hydrogens is 435 g/mol. The quantitative estimate of drug-likeness (QED) is 0.422. The summed E-state index contributed by atoms with van der Waals surface area (Å²) >= 11 is 7.87. The monoisotopic (exact) mass is 446 g/mol. The summed E-state index contributed by atoms with van der Waals surface area (Å²) in [5, 5.41) is 9.38. The average Bonchev–Trinajstić information content (AvgIpc) is 2.50. The fourth-order valence-corrected chi connectivity index (χ4v) is 2.75. The van der Waals surface area contributed by atoms with Crippen molar-refractivity contribution in [1.29, 1.82) is 0 Å². The zero-order valence-electron chi connectivity index (χ0n) is 12.0. The molecule has 2 aromatic carbocycles. The Kier molecular flexibility index (Phi) is 5.84. The normalized spacial score (nSPS) is 10.2. The van der Waals surface area contributed by atoms with Crippen molar-refractivity contribution in [3.63, 3.8) is 0 Å². The van der Waals surface area contributed by atoms with Crippen LogP contribution >= 0.6 is 34.2 Å². The number of halogens is 2. The van der Waals surface area contributed by atoms with Crippen LogP contribution in [-0.2, 0) is 0 Å². The SMILES string of the molecule is CCOc1cc(C(=O)O)cc(I)c1OC(=O)c1ccccc1Cl. The van der Waals surface area contributed by atoms with E-state index in [1.807, 2.05) is 22.6 Å². The second-order valence-corrected chi connectivity index (χ2v) is 5.96. The third kappa shape index (κ3) is 4.14. The standard InChI is InChI=1S/C16H12ClIO5/c1-2-22-13-8-9(15(19)20)7-12(18)14(13)23-16(21)10-5-3-4-6-11(10)17/h3-8H,2H2,1H3,(H,19,20). The zero-order valence-corrected chi connectivity index (χ0v) is 14.9. The van der Waals surface area contributed by atoms with Gasteiger partial charge in [-0.1, -0.05) is 23.7 Å². The van der Waals surface area contributed by atoms with Gasteiger partial charge in [-0.25, -0.2) is 9.59 Å². The molecule has 0 atom stereocenters. The van der Waals surface area contributed by atoms with Gasteiger partial charge in [-0.05, 0) is 53.8 Å². The third-order valence-corrected chi connectivity index (χ3v) is 3.98. The van der Waals surface area contributed by atoms with Gasteiger partial charge in [0.2, 0.25) is 0 Å². The molecular formula is C16H12ClIO5. The van der Waals surface area contributed by atoms with E-state index in [-0.39, 0.29) is 27.6 Å². The molecule has 0 aliphatic rings. The molecule has 0 aliphatic carbocycles. The lowest BCUT2D eigenvalue weighted by molar-refractivity contribution is 0.0696. The molecule has 23 heavy (non-hydrogen) atoms. The summed E-state index contributed by atoms with van der Waals surface area (Å²) in [6.07, 6.45) is 0. The third-order valence-electron chi connectivity index (χ3n) is 2.84. The number of hydrogen-bond acceptors (Lipinski definition) is 4. The summed E-state index contributed by atoms with van der Waals surface area (Å²) < 4.78 is 11.2. The molecule has 2 aromatic rings. The van der Waals surface area contributed by atoms with Crippen molar-refractivity contribution in [3.8, 4) is 11.5 Å². The van der Waals surface area contributed by atoms with Crippen LogP contribution in [0.3, 0.4) is 0 Å². The largest absolute Gasteiger partial charge is 0.490 e. The van der Waals surface area contributed by atoms with Crippen LogP contribution in [0.25, 0.3) is 0 Å². The second kappa shape index (κ2) is 7.65. The summed E-state index contributed by atoms with van der Waals surface area (Å²) in [7, 11) is 0. The number of carboxylic acids is 1. The minimum absolute atomic E-state index is 0.0513. The van der Waals surface area contributed by atoms with E-state index in [0.717, 1.165) is 0 Å². The predicted octanol–water partition coefficient (Wildman–Crippen LogP) is 4.26. The minimum Gasteiger partial charge on any atom is -0.490 e. The second-order valence-electron chi connectivity index (χ2n) is 4.39. The smallest absolute Gasteiger partial charge is 0.345 e. The van der Waals surface area contributed by atoms with Crippen molar-refractivity contribution in [2.75, 3.05) is 6.61 Å². The highest BCUT2D eigenvalue weighted by molar-refractivity contribution is 14.1. The van der Waals surface area contributed by atoms with Crippen molar-refractivity contribution < 1.29 is 24.2 Å². The van der Waals surface area contributed by atoms with Gasteiger partial charge in [-0.2, -0.15) is 0 Å². The van der Waals surface area contributed by atoms with E-state index in [0.29, 0.717) is 10.2 Å². The van der Waals surface area contributed by atoms with Crippen LogP contribution in [-0.4, -0.2) is 23.7 Å². The molecule has 0 aromatic heterocycles. The van der Waals surface area contributed by atoms with Crippen molar-refractivity contribution in [1.82, 2.24) is 0 Å². The van der Waals surface area contributed by atoms with Crippen LogP contribution in [0.2, 0.25) is 5.02 Å². The molecule has 0 aliphatic heterocycles. The Labute approximate surface area is 151 Å². The fraction of sp³-hybridized carbons (Fsp3) is 0.125. The Morgan fingerprint density at radius 2 is 1.96 bits per heavy atom. The van der Waals surface area contributed by atoms with Crippen LogP contribution in [0, 0.1) is 3.57 Å². The van der Waals surface area contributed by atoms with Gasteiger partial charge in [0.05, 0.1) is 26.3 Å². The summed E-state index contributed by atoms with van der Waals surface area (Å²) in [4.78, 5) is 23.4. The van der Waals surface area contributed by atoms with Crippen LogP contribution in [0.15, 0.2) is 36.4 Å². The van der Waals surface area contributed by atoms with Crippen molar-refractivity contribution in [2.45, 2.75) is 6.92 Å². The van der Waals surface area contributed by atoms with Gasteiger partial charge < -0.3 is 14.6 Å². The molecule has 0 heterocycles. The van der Waals surface area contributed by atoms with Gasteiger partial charge >= 0.3 is 11.9 Å². The van der Waals surface area contributed by atoms with Gasteiger partial charge in [0.1, 0.15) is 0 Å². The summed E-state index contributed by atoms with van der Waals surface area (Å²) in [5.74, 6) is -1.37. The Hall–Kier alpha value is -1.80. The number of benzene rings is 2. The van der Waals surface area contributed by atoms with Gasteiger partial charge in [0.25, 0.3) is 0 Å². The molecule has 0 bridgehead atoms. The minimum atomic E-state index is -1.09. The Bertz CT molecular complexity index is 760. The number of hydrogen-bond donors (Lipinski definition) is 1. The fourth-order valence-electron chi connectivity index (χ4n) is 1.83. The highest BCUT2D eigenvalue weighted by atomic mass is 127. The first-order chi connectivity index (χ1) is 10.9. The molecule has 0 saturated heterocycles. The van der Waals surface area contributed by atoms with Crippen molar-refractivity contribution >= 4 is 46.1 Å². The van der Waals surface area contributed by atoms with Gasteiger partial charge in [0.15, 0.2) is 11.5 Å². The lowest BCUT2D eigenvalue weighted by Gasteiger charge is -2.13.